The number of carbonyl (C=O) groups is 2. The number of carbonyl (C=O) groups excluding carboxylic acids is 2. The quantitative estimate of drug-likeness (QED) is 0.666. The van der Waals surface area contributed by atoms with Crippen molar-refractivity contribution in [2.24, 2.45) is 0 Å². The monoisotopic (exact) mass is 494 g/mol. The van der Waals surface area contributed by atoms with Crippen LogP contribution in [0.25, 0.3) is 0 Å². The Bertz CT molecular complexity index is 885. The number of nitrogens with one attached hydrogen (secondary N) is 1. The summed E-state index contributed by atoms with van der Waals surface area (Å²) in [6, 6.07) is 2.82. The molecule has 3 heterocycles. The number of hydrogen-bond acceptors (Lipinski definition) is 5. The fraction of sp³-hybridized carbons (Fsp3) is 0.471. The minimum Gasteiger partial charge on any atom is -0.376 e. The first-order valence-electron chi connectivity index (χ1n) is 8.70. The van der Waals surface area contributed by atoms with E-state index in [0.717, 1.165) is 9.35 Å². The van der Waals surface area contributed by atoms with Crippen LogP contribution in [0.1, 0.15) is 17.7 Å². The molecule has 12 heteroatoms. The molecule has 0 bridgehead atoms. The van der Waals surface area contributed by atoms with Crippen molar-refractivity contribution in [2.45, 2.75) is 44.3 Å². The number of rotatable bonds is 5. The van der Waals surface area contributed by atoms with Gasteiger partial charge >= 0.3 is 6.18 Å². The first-order chi connectivity index (χ1) is 13.6. The SMILES string of the molecule is O=C(NC1CN(C(=O)CCc2csc(Br)c2)Cc2ccnn2C1)C(O)C(F)(F)F. The molecule has 2 aromatic rings. The van der Waals surface area contributed by atoms with E-state index in [1.165, 1.54) is 27.1 Å². The summed E-state index contributed by atoms with van der Waals surface area (Å²) in [5.41, 5.74) is 1.72. The molecule has 158 valence electrons. The number of aliphatic hydroxyl groups is 1. The maximum Gasteiger partial charge on any atom is 0.423 e. The standard InChI is InChI=1S/C17H18BrF3N4O3S/c18-13-5-10(9-29-13)1-2-14(26)24-6-11(7-25-12(8-24)3-4-22-25)23-16(28)15(27)17(19,20)21/h3-5,9,11,15,27H,1-2,6-8H2,(H,23,28). The number of aliphatic hydroxyl groups excluding tert-OH is 1. The summed E-state index contributed by atoms with van der Waals surface area (Å²) in [4.78, 5) is 26.0. The Kier molecular flexibility index (Phi) is 6.64. The van der Waals surface area contributed by atoms with Crippen LogP contribution in [0.2, 0.25) is 0 Å². The summed E-state index contributed by atoms with van der Waals surface area (Å²) >= 11 is 4.88. The van der Waals surface area contributed by atoms with Gasteiger partial charge in [0, 0.05) is 19.2 Å². The molecule has 0 aromatic carbocycles. The summed E-state index contributed by atoms with van der Waals surface area (Å²) in [6.07, 6.45) is -5.90. The molecular formula is C17H18BrF3N4O3S. The van der Waals surface area contributed by atoms with Crippen molar-refractivity contribution in [3.8, 4) is 0 Å². The molecule has 2 aromatic heterocycles. The van der Waals surface area contributed by atoms with Gasteiger partial charge in [-0.2, -0.15) is 18.3 Å². The zero-order valence-electron chi connectivity index (χ0n) is 15.0. The van der Waals surface area contributed by atoms with Gasteiger partial charge < -0.3 is 15.3 Å². The molecule has 3 rings (SSSR count). The van der Waals surface area contributed by atoms with Crippen LogP contribution in [0, 0.1) is 0 Å². The molecule has 29 heavy (non-hydrogen) atoms. The number of fused-ring (bicyclic) bond motifs is 1. The molecule has 0 aliphatic carbocycles. The Balaban J connectivity index is 1.69. The molecule has 2 atom stereocenters. The van der Waals surface area contributed by atoms with E-state index in [1.807, 2.05) is 11.4 Å². The lowest BCUT2D eigenvalue weighted by atomic mass is 10.1. The topological polar surface area (TPSA) is 87.5 Å². The van der Waals surface area contributed by atoms with E-state index in [4.69, 9.17) is 5.11 Å². The molecule has 1 aliphatic heterocycles. The van der Waals surface area contributed by atoms with Crippen LogP contribution in [0.4, 0.5) is 13.2 Å². The van der Waals surface area contributed by atoms with E-state index < -0.39 is 24.2 Å². The molecular weight excluding hydrogens is 477 g/mol. The second-order valence-electron chi connectivity index (χ2n) is 6.69. The highest BCUT2D eigenvalue weighted by Gasteiger charge is 2.44. The van der Waals surface area contributed by atoms with Crippen LogP contribution in [-0.2, 0) is 29.1 Å². The minimum absolute atomic E-state index is 0.0197. The van der Waals surface area contributed by atoms with Gasteiger partial charge in [-0.3, -0.25) is 14.3 Å². The molecule has 0 saturated carbocycles. The fourth-order valence-corrected chi connectivity index (χ4v) is 4.29. The van der Waals surface area contributed by atoms with Crippen molar-refractivity contribution in [3.05, 3.63) is 38.8 Å². The van der Waals surface area contributed by atoms with Gasteiger partial charge in [-0.25, -0.2) is 0 Å². The van der Waals surface area contributed by atoms with Gasteiger partial charge in [-0.15, -0.1) is 11.3 Å². The van der Waals surface area contributed by atoms with Gasteiger partial charge in [-0.05, 0) is 45.4 Å². The number of aryl methyl sites for hydroxylation is 1. The van der Waals surface area contributed by atoms with Crippen molar-refractivity contribution >= 4 is 39.1 Å². The van der Waals surface area contributed by atoms with E-state index in [0.29, 0.717) is 12.1 Å². The summed E-state index contributed by atoms with van der Waals surface area (Å²) < 4.78 is 40.3. The first-order valence-corrected chi connectivity index (χ1v) is 10.4. The smallest absolute Gasteiger partial charge is 0.376 e. The molecule has 1 aliphatic rings. The van der Waals surface area contributed by atoms with E-state index in [-0.39, 0.29) is 32.0 Å². The Morgan fingerprint density at radius 1 is 1.41 bits per heavy atom. The molecule has 2 N–H and O–H groups in total. The Labute approximate surface area is 176 Å². The first kappa shape index (κ1) is 21.8. The van der Waals surface area contributed by atoms with Crippen LogP contribution in [0.5, 0.6) is 0 Å². The lowest BCUT2D eigenvalue weighted by Crippen LogP contribution is -2.52. The van der Waals surface area contributed by atoms with Gasteiger partial charge in [0.1, 0.15) is 0 Å². The third kappa shape index (κ3) is 5.58. The lowest BCUT2D eigenvalue weighted by molar-refractivity contribution is -0.205. The predicted octanol–water partition coefficient (Wildman–Crippen LogP) is 2.09. The van der Waals surface area contributed by atoms with E-state index in [9.17, 15) is 22.8 Å². The summed E-state index contributed by atoms with van der Waals surface area (Å²) in [5.74, 6) is -1.73. The van der Waals surface area contributed by atoms with E-state index >= 15 is 0 Å². The summed E-state index contributed by atoms with van der Waals surface area (Å²) in [5, 5.41) is 17.4. The van der Waals surface area contributed by atoms with Crippen LogP contribution in [-0.4, -0.2) is 56.5 Å². The maximum atomic E-state index is 12.7. The van der Waals surface area contributed by atoms with Crippen molar-refractivity contribution in [3.63, 3.8) is 0 Å². The summed E-state index contributed by atoms with van der Waals surface area (Å²) in [6.45, 7) is 0.353. The average molecular weight is 495 g/mol. The van der Waals surface area contributed by atoms with Crippen LogP contribution in [0.15, 0.2) is 27.5 Å². The molecule has 0 fully saturated rings. The third-order valence-electron chi connectivity index (χ3n) is 4.50. The zero-order valence-corrected chi connectivity index (χ0v) is 17.4. The number of hydrogen-bond donors (Lipinski definition) is 2. The van der Waals surface area contributed by atoms with Gasteiger partial charge in [-0.1, -0.05) is 0 Å². The van der Waals surface area contributed by atoms with E-state index in [2.05, 4.69) is 26.3 Å². The fourth-order valence-electron chi connectivity index (χ4n) is 3.05. The van der Waals surface area contributed by atoms with Crippen molar-refractivity contribution in [1.29, 1.82) is 0 Å². The highest BCUT2D eigenvalue weighted by atomic mass is 79.9. The highest BCUT2D eigenvalue weighted by Crippen LogP contribution is 2.23. The second-order valence-corrected chi connectivity index (χ2v) is 8.98. The van der Waals surface area contributed by atoms with Crippen molar-refractivity contribution in [1.82, 2.24) is 20.0 Å². The number of alkyl halides is 3. The lowest BCUT2D eigenvalue weighted by Gasteiger charge is -2.26. The zero-order chi connectivity index (χ0) is 21.2. The molecule has 7 nitrogen and oxygen atoms in total. The molecule has 0 spiro atoms. The van der Waals surface area contributed by atoms with Crippen LogP contribution >= 0.6 is 27.3 Å². The number of aromatic nitrogens is 2. The second kappa shape index (κ2) is 8.84. The van der Waals surface area contributed by atoms with E-state index in [1.54, 1.807) is 6.07 Å². The minimum atomic E-state index is -5.06. The Morgan fingerprint density at radius 2 is 2.17 bits per heavy atom. The largest absolute Gasteiger partial charge is 0.423 e. The average Bonchev–Trinajstić information content (AvgIpc) is 3.22. The normalized spacial score (nSPS) is 18.1. The highest BCUT2D eigenvalue weighted by molar-refractivity contribution is 9.11. The molecule has 2 unspecified atom stereocenters. The Morgan fingerprint density at radius 3 is 2.83 bits per heavy atom. The van der Waals surface area contributed by atoms with Crippen molar-refractivity contribution in [2.75, 3.05) is 6.54 Å². The third-order valence-corrected chi connectivity index (χ3v) is 6.05. The van der Waals surface area contributed by atoms with Gasteiger partial charge in [0.2, 0.25) is 12.0 Å². The number of thiophene rings is 1. The van der Waals surface area contributed by atoms with Crippen LogP contribution in [0.3, 0.4) is 0 Å². The molecule has 0 radical (unpaired) electrons. The number of amides is 2. The van der Waals surface area contributed by atoms with Gasteiger partial charge in [0.05, 0.1) is 28.6 Å². The molecule has 2 amide bonds. The number of halogens is 4. The maximum absolute atomic E-state index is 12.7. The van der Waals surface area contributed by atoms with Gasteiger partial charge in [0.15, 0.2) is 0 Å². The van der Waals surface area contributed by atoms with Crippen LogP contribution < -0.4 is 5.32 Å². The van der Waals surface area contributed by atoms with Gasteiger partial charge in [0.25, 0.3) is 5.91 Å². The predicted molar refractivity (Wildman–Crippen MR) is 102 cm³/mol. The molecule has 0 saturated heterocycles. The Hall–Kier alpha value is -1.92. The number of nitrogens with zero attached hydrogens (tertiary/aromatic N) is 3. The van der Waals surface area contributed by atoms with Crippen molar-refractivity contribution < 1.29 is 27.9 Å². The summed E-state index contributed by atoms with van der Waals surface area (Å²) in [7, 11) is 0.